The molecule has 1 aromatic heterocycles. The van der Waals surface area contributed by atoms with Crippen LogP contribution in [0, 0.1) is 5.92 Å². The van der Waals surface area contributed by atoms with Gasteiger partial charge in [0.15, 0.2) is 0 Å². The van der Waals surface area contributed by atoms with Crippen molar-refractivity contribution in [2.45, 2.75) is 25.3 Å². The normalized spacial score (nSPS) is 23.8. The second kappa shape index (κ2) is 6.50. The lowest BCUT2D eigenvalue weighted by Gasteiger charge is -2.37. The van der Waals surface area contributed by atoms with Crippen LogP contribution in [0.1, 0.15) is 30.2 Å². The van der Waals surface area contributed by atoms with E-state index in [1.54, 1.807) is 11.3 Å². The molecule has 1 saturated heterocycles. The summed E-state index contributed by atoms with van der Waals surface area (Å²) in [6, 6.07) is 4.65. The number of aliphatic hydroxyl groups excluding tert-OH is 1. The highest BCUT2D eigenvalue weighted by molar-refractivity contribution is 7.10. The number of rotatable bonds is 5. The molecule has 2 rings (SSSR count). The van der Waals surface area contributed by atoms with Crippen molar-refractivity contribution in [2.75, 3.05) is 26.2 Å². The molecule has 1 fully saturated rings. The first kappa shape index (κ1) is 13.0. The lowest BCUT2D eigenvalue weighted by Crippen LogP contribution is -2.41. The summed E-state index contributed by atoms with van der Waals surface area (Å²) in [6.45, 7) is 3.22. The highest BCUT2D eigenvalue weighted by Gasteiger charge is 2.26. The molecule has 2 atom stereocenters. The van der Waals surface area contributed by atoms with E-state index < -0.39 is 0 Å². The Morgan fingerprint density at radius 2 is 2.47 bits per heavy atom. The lowest BCUT2D eigenvalue weighted by molar-refractivity contribution is 0.111. The van der Waals surface area contributed by atoms with Crippen LogP contribution in [-0.4, -0.2) is 36.2 Å². The van der Waals surface area contributed by atoms with Gasteiger partial charge >= 0.3 is 0 Å². The van der Waals surface area contributed by atoms with Gasteiger partial charge < -0.3 is 10.8 Å². The summed E-state index contributed by atoms with van der Waals surface area (Å²) in [5.41, 5.74) is 5.93. The van der Waals surface area contributed by atoms with E-state index in [0.717, 1.165) is 19.5 Å². The second-order valence-corrected chi connectivity index (χ2v) is 5.76. The van der Waals surface area contributed by atoms with Gasteiger partial charge in [0.25, 0.3) is 0 Å². The van der Waals surface area contributed by atoms with E-state index in [1.165, 1.54) is 17.7 Å². The van der Waals surface area contributed by atoms with Crippen LogP contribution >= 0.6 is 11.3 Å². The maximum absolute atomic E-state index is 9.04. The van der Waals surface area contributed by atoms with Crippen LogP contribution in [0.2, 0.25) is 0 Å². The topological polar surface area (TPSA) is 49.5 Å². The third-order valence-electron chi connectivity index (χ3n) is 3.62. The molecule has 2 heterocycles. The predicted molar refractivity (Wildman–Crippen MR) is 72.1 cm³/mol. The molecular formula is C13H22N2OS. The molecule has 0 saturated carbocycles. The summed E-state index contributed by atoms with van der Waals surface area (Å²) in [7, 11) is 0. The molecule has 0 radical (unpaired) electrons. The molecule has 4 heteroatoms. The average molecular weight is 254 g/mol. The fraction of sp³-hybridized carbons (Fsp3) is 0.692. The van der Waals surface area contributed by atoms with Crippen LogP contribution in [-0.2, 0) is 0 Å². The second-order valence-electron chi connectivity index (χ2n) is 4.78. The molecule has 0 spiro atoms. The van der Waals surface area contributed by atoms with E-state index in [9.17, 15) is 0 Å². The Morgan fingerprint density at radius 3 is 3.12 bits per heavy atom. The number of piperidine rings is 1. The average Bonchev–Trinajstić information content (AvgIpc) is 2.85. The standard InChI is InChI=1S/C13H22N2OS/c14-9-12(13-4-2-8-17-13)15-6-1-3-11(10-15)5-7-16/h2,4,8,11-12,16H,1,3,5-7,9-10,14H2. The predicted octanol–water partition coefficient (Wildman–Crippen LogP) is 1.84. The van der Waals surface area contributed by atoms with Crippen LogP contribution in [0.3, 0.4) is 0 Å². The Morgan fingerprint density at radius 1 is 1.59 bits per heavy atom. The summed E-state index contributed by atoms with van der Waals surface area (Å²) >= 11 is 1.79. The number of aliphatic hydroxyl groups is 1. The van der Waals surface area contributed by atoms with Gasteiger partial charge in [0, 0.05) is 24.6 Å². The van der Waals surface area contributed by atoms with Gasteiger partial charge in [-0.2, -0.15) is 0 Å². The van der Waals surface area contributed by atoms with Gasteiger partial charge in [0.2, 0.25) is 0 Å². The van der Waals surface area contributed by atoms with Gasteiger partial charge in [-0.15, -0.1) is 11.3 Å². The highest BCUT2D eigenvalue weighted by atomic mass is 32.1. The molecule has 1 aliphatic rings. The van der Waals surface area contributed by atoms with Crippen molar-refractivity contribution in [1.29, 1.82) is 0 Å². The van der Waals surface area contributed by atoms with Crippen LogP contribution in [0.15, 0.2) is 17.5 Å². The Labute approximate surface area is 107 Å². The zero-order valence-corrected chi connectivity index (χ0v) is 11.0. The van der Waals surface area contributed by atoms with Crippen molar-refractivity contribution < 1.29 is 5.11 Å². The maximum atomic E-state index is 9.04. The van der Waals surface area contributed by atoms with E-state index in [2.05, 4.69) is 22.4 Å². The monoisotopic (exact) mass is 254 g/mol. The summed E-state index contributed by atoms with van der Waals surface area (Å²) in [4.78, 5) is 3.87. The first-order valence-corrected chi connectivity index (χ1v) is 7.31. The number of thiophene rings is 1. The highest BCUT2D eigenvalue weighted by Crippen LogP contribution is 2.29. The minimum Gasteiger partial charge on any atom is -0.396 e. The molecule has 0 aliphatic carbocycles. The van der Waals surface area contributed by atoms with Gasteiger partial charge in [0.1, 0.15) is 0 Å². The Bertz CT molecular complexity index is 313. The molecule has 3 nitrogen and oxygen atoms in total. The molecule has 96 valence electrons. The van der Waals surface area contributed by atoms with Gasteiger partial charge in [0.05, 0.1) is 6.04 Å². The molecule has 17 heavy (non-hydrogen) atoms. The molecular weight excluding hydrogens is 232 g/mol. The number of nitrogens with zero attached hydrogens (tertiary/aromatic N) is 1. The zero-order valence-electron chi connectivity index (χ0n) is 10.2. The lowest BCUT2D eigenvalue weighted by atomic mass is 9.94. The number of hydrogen-bond donors (Lipinski definition) is 2. The van der Waals surface area contributed by atoms with Crippen LogP contribution in [0.25, 0.3) is 0 Å². The number of likely N-dealkylation sites (tertiary alicyclic amines) is 1. The minimum absolute atomic E-state index is 0.310. The van der Waals surface area contributed by atoms with E-state index in [-0.39, 0.29) is 0 Å². The first-order chi connectivity index (χ1) is 8.35. The smallest absolute Gasteiger partial charge is 0.0564 e. The molecule has 3 N–H and O–H groups in total. The fourth-order valence-electron chi connectivity index (χ4n) is 2.72. The summed E-state index contributed by atoms with van der Waals surface area (Å²) in [5, 5.41) is 11.2. The first-order valence-electron chi connectivity index (χ1n) is 6.43. The largest absolute Gasteiger partial charge is 0.396 e. The van der Waals surface area contributed by atoms with E-state index in [4.69, 9.17) is 10.8 Å². The molecule has 0 amide bonds. The van der Waals surface area contributed by atoms with Crippen LogP contribution in [0.5, 0.6) is 0 Å². The number of hydrogen-bond acceptors (Lipinski definition) is 4. The van der Waals surface area contributed by atoms with Gasteiger partial charge in [-0.05, 0) is 43.2 Å². The molecule has 0 bridgehead atoms. The SMILES string of the molecule is NCC(c1cccs1)N1CCCC(CCO)C1. The van der Waals surface area contributed by atoms with Crippen LogP contribution in [0.4, 0.5) is 0 Å². The van der Waals surface area contributed by atoms with Crippen molar-refractivity contribution in [1.82, 2.24) is 4.90 Å². The third-order valence-corrected chi connectivity index (χ3v) is 4.60. The van der Waals surface area contributed by atoms with E-state index in [0.29, 0.717) is 25.1 Å². The molecule has 1 aliphatic heterocycles. The van der Waals surface area contributed by atoms with Gasteiger partial charge in [-0.3, -0.25) is 4.90 Å². The summed E-state index contributed by atoms with van der Waals surface area (Å²) in [6.07, 6.45) is 3.41. The maximum Gasteiger partial charge on any atom is 0.0564 e. The van der Waals surface area contributed by atoms with E-state index in [1.807, 2.05) is 0 Å². The Balaban J connectivity index is 1.99. The van der Waals surface area contributed by atoms with Crippen molar-refractivity contribution in [2.24, 2.45) is 11.7 Å². The number of nitrogens with two attached hydrogens (primary N) is 1. The molecule has 0 aromatic carbocycles. The molecule has 2 unspecified atom stereocenters. The van der Waals surface area contributed by atoms with Crippen molar-refractivity contribution in [3.8, 4) is 0 Å². The minimum atomic E-state index is 0.310. The Hall–Kier alpha value is -0.420. The van der Waals surface area contributed by atoms with Crippen molar-refractivity contribution in [3.05, 3.63) is 22.4 Å². The Kier molecular flexibility index (Phi) is 4.98. The van der Waals surface area contributed by atoms with Crippen LogP contribution < -0.4 is 5.73 Å². The third kappa shape index (κ3) is 3.28. The van der Waals surface area contributed by atoms with E-state index >= 15 is 0 Å². The summed E-state index contributed by atoms with van der Waals surface area (Å²) < 4.78 is 0. The van der Waals surface area contributed by atoms with Gasteiger partial charge in [-0.1, -0.05) is 6.07 Å². The fourth-order valence-corrected chi connectivity index (χ4v) is 3.60. The van der Waals surface area contributed by atoms with Crippen molar-refractivity contribution in [3.63, 3.8) is 0 Å². The quantitative estimate of drug-likeness (QED) is 0.843. The van der Waals surface area contributed by atoms with Gasteiger partial charge in [-0.25, -0.2) is 0 Å². The van der Waals surface area contributed by atoms with Crippen molar-refractivity contribution >= 4 is 11.3 Å². The zero-order chi connectivity index (χ0) is 12.1. The molecule has 1 aromatic rings. The summed E-state index contributed by atoms with van der Waals surface area (Å²) in [5.74, 6) is 0.641.